The number of hydrogen-bond donors (Lipinski definition) is 1. The number of aliphatic carboxylic acids is 1. The zero-order valence-corrected chi connectivity index (χ0v) is 27.6. The maximum atomic E-state index is 12.4. The fourth-order valence-electron chi connectivity index (χ4n) is 5.50. The topological polar surface area (TPSA) is 63.6 Å². The lowest BCUT2D eigenvalue weighted by Gasteiger charge is -2.18. The molecule has 0 aromatic heterocycles. The Morgan fingerprint density at radius 2 is 0.902 bits per heavy atom. The summed E-state index contributed by atoms with van der Waals surface area (Å²) in [5, 5.41) is 8.65. The van der Waals surface area contributed by atoms with Crippen molar-refractivity contribution in [2.75, 3.05) is 0 Å². The number of carbonyl (C=O) groups excluding carboxylic acids is 1. The first-order valence-corrected chi connectivity index (χ1v) is 18.2. The summed E-state index contributed by atoms with van der Waals surface area (Å²) in [6, 6.07) is 0. The van der Waals surface area contributed by atoms with Crippen LogP contribution >= 0.6 is 0 Å². The lowest BCUT2D eigenvalue weighted by Crippen LogP contribution is -2.18. The number of ether oxygens (including phenoxy) is 1. The van der Waals surface area contributed by atoms with Gasteiger partial charge in [0.15, 0.2) is 0 Å². The van der Waals surface area contributed by atoms with E-state index in [1.165, 1.54) is 128 Å². The first-order valence-electron chi connectivity index (χ1n) is 18.2. The molecule has 1 atom stereocenters. The number of hydrogen-bond acceptors (Lipinski definition) is 3. The van der Waals surface area contributed by atoms with Crippen molar-refractivity contribution in [1.29, 1.82) is 0 Å². The Balaban J connectivity index is 3.63. The predicted octanol–water partition coefficient (Wildman–Crippen LogP) is 12.3. The van der Waals surface area contributed by atoms with Gasteiger partial charge in [-0.15, -0.1) is 0 Å². The number of rotatable bonds is 33. The average molecular weight is 579 g/mol. The molecule has 0 saturated heterocycles. The van der Waals surface area contributed by atoms with Crippen molar-refractivity contribution in [3.8, 4) is 0 Å². The Hall–Kier alpha value is -1.32. The summed E-state index contributed by atoms with van der Waals surface area (Å²) in [5.41, 5.74) is 0. The van der Waals surface area contributed by atoms with E-state index >= 15 is 0 Å². The molecule has 0 spiro atoms. The molecule has 0 aliphatic heterocycles. The van der Waals surface area contributed by atoms with Gasteiger partial charge in [-0.3, -0.25) is 9.59 Å². The van der Waals surface area contributed by atoms with Crippen molar-refractivity contribution in [3.63, 3.8) is 0 Å². The third kappa shape index (κ3) is 33.1. The minimum atomic E-state index is -0.666. The molecule has 41 heavy (non-hydrogen) atoms. The van der Waals surface area contributed by atoms with Crippen molar-refractivity contribution in [2.45, 2.75) is 213 Å². The van der Waals surface area contributed by atoms with E-state index in [1.54, 1.807) is 0 Å². The van der Waals surface area contributed by atoms with Gasteiger partial charge in [0, 0.05) is 12.8 Å². The van der Waals surface area contributed by atoms with Gasteiger partial charge in [0.25, 0.3) is 0 Å². The Bertz CT molecular complexity index is 585. The van der Waals surface area contributed by atoms with E-state index in [9.17, 15) is 9.59 Å². The normalized spacial score (nSPS) is 12.2. The van der Waals surface area contributed by atoms with Crippen molar-refractivity contribution in [1.82, 2.24) is 0 Å². The molecule has 1 unspecified atom stereocenters. The SMILES string of the molecule is CCCC/C=C\CCCCCCCCC(=O)OC(CCCC)CCCCCCCCCCCCCCCCC(=O)O. The quantitative estimate of drug-likeness (QED) is 0.0478. The first kappa shape index (κ1) is 39.7. The second kappa shape index (κ2) is 33.2. The molecule has 0 bridgehead atoms. The molecule has 4 heteroatoms. The van der Waals surface area contributed by atoms with Gasteiger partial charge in [-0.05, 0) is 51.4 Å². The molecule has 0 aromatic rings. The zero-order valence-electron chi connectivity index (χ0n) is 27.6. The van der Waals surface area contributed by atoms with Crippen LogP contribution < -0.4 is 0 Å². The maximum absolute atomic E-state index is 12.4. The second-order valence-corrected chi connectivity index (χ2v) is 12.4. The summed E-state index contributed by atoms with van der Waals surface area (Å²) in [5.74, 6) is -0.637. The smallest absolute Gasteiger partial charge is 0.306 e. The fraction of sp³-hybridized carbons (Fsp3) is 0.892. The molecule has 0 rings (SSSR count). The van der Waals surface area contributed by atoms with Crippen LogP contribution in [0.4, 0.5) is 0 Å². The van der Waals surface area contributed by atoms with Gasteiger partial charge in [-0.1, -0.05) is 154 Å². The van der Waals surface area contributed by atoms with E-state index in [0.29, 0.717) is 12.8 Å². The van der Waals surface area contributed by atoms with Gasteiger partial charge < -0.3 is 9.84 Å². The zero-order chi connectivity index (χ0) is 30.1. The lowest BCUT2D eigenvalue weighted by atomic mass is 10.0. The monoisotopic (exact) mass is 579 g/mol. The van der Waals surface area contributed by atoms with E-state index in [2.05, 4.69) is 26.0 Å². The molecular weight excluding hydrogens is 508 g/mol. The molecular formula is C37H70O4. The van der Waals surface area contributed by atoms with Gasteiger partial charge in [-0.25, -0.2) is 0 Å². The summed E-state index contributed by atoms with van der Waals surface area (Å²) in [7, 11) is 0. The van der Waals surface area contributed by atoms with E-state index in [1.807, 2.05) is 0 Å². The number of allylic oxidation sites excluding steroid dienone is 2. The summed E-state index contributed by atoms with van der Waals surface area (Å²) in [4.78, 5) is 22.9. The summed E-state index contributed by atoms with van der Waals surface area (Å²) in [6.45, 7) is 4.46. The van der Waals surface area contributed by atoms with Crippen LogP contribution in [0.15, 0.2) is 12.2 Å². The highest BCUT2D eigenvalue weighted by atomic mass is 16.5. The molecule has 0 amide bonds. The Labute approximate surface area is 255 Å². The molecule has 242 valence electrons. The van der Waals surface area contributed by atoms with Crippen LogP contribution in [0.25, 0.3) is 0 Å². The van der Waals surface area contributed by atoms with Crippen LogP contribution in [-0.2, 0) is 14.3 Å². The van der Waals surface area contributed by atoms with E-state index in [0.717, 1.165) is 51.4 Å². The van der Waals surface area contributed by atoms with E-state index in [-0.39, 0.29) is 12.1 Å². The van der Waals surface area contributed by atoms with Crippen LogP contribution in [0.3, 0.4) is 0 Å². The number of unbranched alkanes of at least 4 members (excludes halogenated alkanes) is 22. The number of carbonyl (C=O) groups is 2. The third-order valence-electron chi connectivity index (χ3n) is 8.24. The van der Waals surface area contributed by atoms with Crippen LogP contribution in [-0.4, -0.2) is 23.1 Å². The molecule has 0 fully saturated rings. The van der Waals surface area contributed by atoms with Gasteiger partial charge >= 0.3 is 11.9 Å². The van der Waals surface area contributed by atoms with Gasteiger partial charge in [-0.2, -0.15) is 0 Å². The largest absolute Gasteiger partial charge is 0.481 e. The highest BCUT2D eigenvalue weighted by Gasteiger charge is 2.13. The lowest BCUT2D eigenvalue weighted by molar-refractivity contribution is -0.150. The minimum absolute atomic E-state index is 0.0292. The summed E-state index contributed by atoms with van der Waals surface area (Å²) < 4.78 is 5.91. The van der Waals surface area contributed by atoms with Gasteiger partial charge in [0.2, 0.25) is 0 Å². The number of carboxylic acids is 1. The van der Waals surface area contributed by atoms with Crippen molar-refractivity contribution < 1.29 is 19.4 Å². The van der Waals surface area contributed by atoms with E-state index in [4.69, 9.17) is 9.84 Å². The molecule has 0 aliphatic rings. The van der Waals surface area contributed by atoms with E-state index < -0.39 is 5.97 Å². The Kier molecular flexibility index (Phi) is 32.1. The van der Waals surface area contributed by atoms with Crippen molar-refractivity contribution in [3.05, 3.63) is 12.2 Å². The van der Waals surface area contributed by atoms with Crippen molar-refractivity contribution >= 4 is 11.9 Å². The first-order chi connectivity index (χ1) is 20.1. The van der Waals surface area contributed by atoms with Gasteiger partial charge in [0.05, 0.1) is 0 Å². The third-order valence-corrected chi connectivity index (χ3v) is 8.24. The number of esters is 1. The van der Waals surface area contributed by atoms with Gasteiger partial charge in [0.1, 0.15) is 6.10 Å². The molecule has 4 nitrogen and oxygen atoms in total. The molecule has 0 heterocycles. The van der Waals surface area contributed by atoms with Crippen LogP contribution in [0, 0.1) is 0 Å². The molecule has 0 radical (unpaired) electrons. The predicted molar refractivity (Wildman–Crippen MR) is 177 cm³/mol. The molecule has 1 N–H and O–H groups in total. The average Bonchev–Trinajstić information content (AvgIpc) is 2.95. The highest BCUT2D eigenvalue weighted by Crippen LogP contribution is 2.18. The Morgan fingerprint density at radius 1 is 0.512 bits per heavy atom. The van der Waals surface area contributed by atoms with Crippen LogP contribution in [0.1, 0.15) is 206 Å². The Morgan fingerprint density at radius 3 is 1.39 bits per heavy atom. The number of carboxylic acid groups (broad SMARTS) is 1. The van der Waals surface area contributed by atoms with Crippen LogP contribution in [0.2, 0.25) is 0 Å². The maximum Gasteiger partial charge on any atom is 0.306 e. The summed E-state index contributed by atoms with van der Waals surface area (Å²) in [6.07, 6.45) is 39.8. The second-order valence-electron chi connectivity index (χ2n) is 12.4. The van der Waals surface area contributed by atoms with Crippen molar-refractivity contribution in [2.24, 2.45) is 0 Å². The summed E-state index contributed by atoms with van der Waals surface area (Å²) >= 11 is 0. The molecule has 0 aromatic carbocycles. The fourth-order valence-corrected chi connectivity index (χ4v) is 5.50. The van der Waals surface area contributed by atoms with Crippen LogP contribution in [0.5, 0.6) is 0 Å². The minimum Gasteiger partial charge on any atom is -0.481 e. The highest BCUT2D eigenvalue weighted by molar-refractivity contribution is 5.69. The molecule has 0 saturated carbocycles. The molecule has 0 aliphatic carbocycles. The standard InChI is InChI=1S/C37H70O4/c1-3-5-7-8-9-10-11-18-21-24-27-30-34-37(40)41-35(31-6-4-2)32-28-25-22-19-16-14-12-13-15-17-20-23-26-29-33-36(38)39/h8-9,35H,3-7,10-34H2,1-2H3,(H,38,39)/b9-8-.